The Morgan fingerprint density at radius 1 is 0.933 bits per heavy atom. The highest BCUT2D eigenvalue weighted by Gasteiger charge is 2.31. The standard InChI is InChI=1S/C24H22N2O3S/c27-24(26-12-14-30(28,29)15-13-26)22-19-8-4-5-9-21(19)25-23-18(10-11-20(22)23)16-17-6-2-1-3-7-17/h1-9,16H,10-15H2/b18-16-. The number of amides is 1. The van der Waals surface area contributed by atoms with Crippen molar-refractivity contribution in [2.45, 2.75) is 12.8 Å². The van der Waals surface area contributed by atoms with Gasteiger partial charge in [-0.3, -0.25) is 4.79 Å². The Hall–Kier alpha value is -2.99. The van der Waals surface area contributed by atoms with E-state index in [4.69, 9.17) is 4.98 Å². The lowest BCUT2D eigenvalue weighted by Crippen LogP contribution is -2.44. The number of carbonyl (C=O) groups excluding carboxylic acids is 1. The Labute approximate surface area is 176 Å². The fourth-order valence-electron chi connectivity index (χ4n) is 4.35. The molecule has 2 heterocycles. The first-order valence-corrected chi connectivity index (χ1v) is 12.0. The fraction of sp³-hybridized carbons (Fsp3) is 0.250. The number of pyridine rings is 1. The van der Waals surface area contributed by atoms with Crippen molar-refractivity contribution in [2.75, 3.05) is 24.6 Å². The molecule has 0 atom stereocenters. The van der Waals surface area contributed by atoms with Gasteiger partial charge in [0, 0.05) is 18.5 Å². The zero-order valence-electron chi connectivity index (χ0n) is 16.5. The predicted octanol–water partition coefficient (Wildman–Crippen LogP) is 3.59. The Kier molecular flexibility index (Phi) is 4.66. The smallest absolute Gasteiger partial charge is 0.254 e. The monoisotopic (exact) mass is 418 g/mol. The molecule has 30 heavy (non-hydrogen) atoms. The van der Waals surface area contributed by atoms with Gasteiger partial charge in [-0.2, -0.15) is 0 Å². The van der Waals surface area contributed by atoms with Crippen LogP contribution < -0.4 is 0 Å². The second-order valence-electron chi connectivity index (χ2n) is 7.86. The van der Waals surface area contributed by atoms with E-state index in [2.05, 4.69) is 18.2 Å². The number of sulfone groups is 1. The Morgan fingerprint density at radius 2 is 1.63 bits per heavy atom. The van der Waals surface area contributed by atoms with Crippen molar-refractivity contribution in [3.05, 3.63) is 77.0 Å². The fourth-order valence-corrected chi connectivity index (χ4v) is 5.55. The number of carbonyl (C=O) groups is 1. The highest BCUT2D eigenvalue weighted by molar-refractivity contribution is 7.91. The Morgan fingerprint density at radius 3 is 2.40 bits per heavy atom. The van der Waals surface area contributed by atoms with E-state index in [0.717, 1.165) is 46.1 Å². The van der Waals surface area contributed by atoms with Gasteiger partial charge in [-0.15, -0.1) is 0 Å². The van der Waals surface area contributed by atoms with Gasteiger partial charge in [0.25, 0.3) is 5.91 Å². The molecule has 1 aliphatic heterocycles. The Bertz CT molecular complexity index is 1270. The molecular formula is C24H22N2O3S. The summed E-state index contributed by atoms with van der Waals surface area (Å²) in [6.07, 6.45) is 3.75. The number of hydrogen-bond donors (Lipinski definition) is 0. The van der Waals surface area contributed by atoms with Crippen molar-refractivity contribution in [1.82, 2.24) is 9.88 Å². The number of rotatable bonds is 2. The average Bonchev–Trinajstić information content (AvgIpc) is 3.14. The first-order chi connectivity index (χ1) is 14.5. The molecule has 0 spiro atoms. The summed E-state index contributed by atoms with van der Waals surface area (Å²) in [4.78, 5) is 20.1. The maximum atomic E-state index is 13.5. The van der Waals surface area contributed by atoms with Crippen molar-refractivity contribution in [3.63, 3.8) is 0 Å². The van der Waals surface area contributed by atoms with Crippen LogP contribution in [0.5, 0.6) is 0 Å². The summed E-state index contributed by atoms with van der Waals surface area (Å²) in [5.74, 6) is -0.0210. The number of fused-ring (bicyclic) bond motifs is 2. The molecule has 1 saturated heterocycles. The number of benzene rings is 2. The molecule has 2 aromatic carbocycles. The molecule has 0 N–H and O–H groups in total. The van der Waals surface area contributed by atoms with Crippen LogP contribution in [0.15, 0.2) is 54.6 Å². The van der Waals surface area contributed by atoms with Crippen LogP contribution in [0.2, 0.25) is 0 Å². The molecule has 2 aliphatic rings. The summed E-state index contributed by atoms with van der Waals surface area (Å²) < 4.78 is 23.6. The number of aromatic nitrogens is 1. The van der Waals surface area contributed by atoms with Crippen LogP contribution in [0.4, 0.5) is 0 Å². The van der Waals surface area contributed by atoms with Crippen molar-refractivity contribution in [3.8, 4) is 0 Å². The van der Waals surface area contributed by atoms with E-state index in [-0.39, 0.29) is 30.5 Å². The third kappa shape index (κ3) is 3.41. The van der Waals surface area contributed by atoms with Crippen LogP contribution in [0.3, 0.4) is 0 Å². The quantitative estimate of drug-likeness (QED) is 0.638. The molecule has 1 fully saturated rings. The van der Waals surface area contributed by atoms with Crippen molar-refractivity contribution in [2.24, 2.45) is 0 Å². The predicted molar refractivity (Wildman–Crippen MR) is 119 cm³/mol. The second-order valence-corrected chi connectivity index (χ2v) is 10.2. The van der Waals surface area contributed by atoms with E-state index >= 15 is 0 Å². The number of para-hydroxylation sites is 1. The number of allylic oxidation sites excluding steroid dienone is 1. The summed E-state index contributed by atoms with van der Waals surface area (Å²) in [6, 6.07) is 17.9. The lowest BCUT2D eigenvalue weighted by Gasteiger charge is -2.28. The van der Waals surface area contributed by atoms with E-state index in [9.17, 15) is 13.2 Å². The molecule has 1 aromatic heterocycles. The van der Waals surface area contributed by atoms with E-state index < -0.39 is 9.84 Å². The highest BCUT2D eigenvalue weighted by Crippen LogP contribution is 2.38. The molecule has 3 aromatic rings. The van der Waals surface area contributed by atoms with Crippen molar-refractivity contribution >= 4 is 38.3 Å². The van der Waals surface area contributed by atoms with Gasteiger partial charge in [0.15, 0.2) is 9.84 Å². The molecule has 0 bridgehead atoms. The molecule has 5 nitrogen and oxygen atoms in total. The van der Waals surface area contributed by atoms with E-state index in [1.165, 1.54) is 0 Å². The van der Waals surface area contributed by atoms with E-state index in [0.29, 0.717) is 5.56 Å². The molecule has 1 aliphatic carbocycles. The third-order valence-corrected chi connectivity index (χ3v) is 7.54. The van der Waals surface area contributed by atoms with Gasteiger partial charge in [0.2, 0.25) is 0 Å². The van der Waals surface area contributed by atoms with Crippen molar-refractivity contribution in [1.29, 1.82) is 0 Å². The topological polar surface area (TPSA) is 67.3 Å². The minimum absolute atomic E-state index is 0.0309. The first kappa shape index (κ1) is 19.0. The van der Waals surface area contributed by atoms with Crippen LogP contribution in [0.25, 0.3) is 22.6 Å². The molecule has 0 saturated carbocycles. The van der Waals surface area contributed by atoms with Gasteiger partial charge >= 0.3 is 0 Å². The molecular weight excluding hydrogens is 396 g/mol. The summed E-state index contributed by atoms with van der Waals surface area (Å²) in [7, 11) is -3.04. The zero-order chi connectivity index (χ0) is 20.7. The molecule has 5 rings (SSSR count). The first-order valence-electron chi connectivity index (χ1n) is 10.2. The summed E-state index contributed by atoms with van der Waals surface area (Å²) in [6.45, 7) is 0.499. The lowest BCUT2D eigenvalue weighted by atomic mass is 9.99. The van der Waals surface area contributed by atoms with Gasteiger partial charge in [-0.1, -0.05) is 48.5 Å². The van der Waals surface area contributed by atoms with Gasteiger partial charge in [-0.25, -0.2) is 13.4 Å². The molecule has 1 amide bonds. The Balaban J connectivity index is 1.62. The van der Waals surface area contributed by atoms with Crippen LogP contribution in [0.1, 0.15) is 33.6 Å². The van der Waals surface area contributed by atoms with Gasteiger partial charge in [-0.05, 0) is 41.7 Å². The number of nitrogens with zero attached hydrogens (tertiary/aromatic N) is 2. The van der Waals surface area contributed by atoms with Crippen LogP contribution in [0, 0.1) is 0 Å². The van der Waals surface area contributed by atoms with Crippen LogP contribution in [-0.2, 0) is 16.3 Å². The van der Waals surface area contributed by atoms with E-state index in [1.54, 1.807) is 4.90 Å². The average molecular weight is 419 g/mol. The zero-order valence-corrected chi connectivity index (χ0v) is 17.4. The largest absolute Gasteiger partial charge is 0.337 e. The van der Waals surface area contributed by atoms with Crippen molar-refractivity contribution < 1.29 is 13.2 Å². The highest BCUT2D eigenvalue weighted by atomic mass is 32.2. The minimum Gasteiger partial charge on any atom is -0.337 e. The van der Waals surface area contributed by atoms with Gasteiger partial charge < -0.3 is 4.90 Å². The maximum absolute atomic E-state index is 13.5. The lowest BCUT2D eigenvalue weighted by molar-refractivity contribution is 0.0771. The van der Waals surface area contributed by atoms with E-state index in [1.807, 2.05) is 42.5 Å². The summed E-state index contributed by atoms with van der Waals surface area (Å²) in [5, 5.41) is 0.843. The SMILES string of the molecule is O=C(c1c2c(nc3ccccc13)/C(=C\c1ccccc1)CC2)N1CCS(=O)(=O)CC1. The normalized spacial score (nSPS) is 19.2. The third-order valence-electron chi connectivity index (χ3n) is 5.93. The van der Waals surface area contributed by atoms with Crippen LogP contribution >= 0.6 is 0 Å². The summed E-state index contributed by atoms with van der Waals surface area (Å²) >= 11 is 0. The second kappa shape index (κ2) is 7.36. The van der Waals surface area contributed by atoms with Crippen LogP contribution in [-0.4, -0.2) is 48.8 Å². The molecule has 0 radical (unpaired) electrons. The molecule has 152 valence electrons. The molecule has 0 unspecified atom stereocenters. The number of hydrogen-bond acceptors (Lipinski definition) is 4. The van der Waals surface area contributed by atoms with Gasteiger partial charge in [0.05, 0.1) is 28.3 Å². The van der Waals surface area contributed by atoms with Gasteiger partial charge in [0.1, 0.15) is 0 Å². The molecule has 6 heteroatoms. The minimum atomic E-state index is -3.04. The maximum Gasteiger partial charge on any atom is 0.254 e. The summed E-state index contributed by atoms with van der Waals surface area (Å²) in [5.41, 5.74) is 5.61.